The van der Waals surface area contributed by atoms with Gasteiger partial charge in [0.1, 0.15) is 0 Å². The van der Waals surface area contributed by atoms with Gasteiger partial charge in [0.25, 0.3) is 5.56 Å². The van der Waals surface area contributed by atoms with E-state index in [1.165, 1.54) is 6.08 Å². The normalized spacial score (nSPS) is 12.0. The molecule has 0 aliphatic carbocycles. The second-order valence-corrected chi connectivity index (χ2v) is 6.26. The summed E-state index contributed by atoms with van der Waals surface area (Å²) in [5, 5.41) is 8.70. The molecule has 0 unspecified atom stereocenters. The van der Waals surface area contributed by atoms with E-state index in [4.69, 9.17) is 5.11 Å². The van der Waals surface area contributed by atoms with Crippen molar-refractivity contribution in [1.29, 1.82) is 0 Å². The number of carboxylic acids is 1. The Morgan fingerprint density at radius 1 is 1.29 bits per heavy atom. The van der Waals surface area contributed by atoms with Gasteiger partial charge >= 0.3 is 5.97 Å². The van der Waals surface area contributed by atoms with Crippen molar-refractivity contribution in [3.63, 3.8) is 0 Å². The maximum atomic E-state index is 12.6. The first kappa shape index (κ1) is 17.2. The van der Waals surface area contributed by atoms with Gasteiger partial charge in [-0.25, -0.2) is 4.79 Å². The third-order valence-corrected chi connectivity index (χ3v) is 3.36. The quantitative estimate of drug-likeness (QED) is 0.645. The molecular weight excluding hydrogens is 266 g/mol. The smallest absolute Gasteiger partial charge is 0.328 e. The van der Waals surface area contributed by atoms with Gasteiger partial charge in [0.15, 0.2) is 0 Å². The topological polar surface area (TPSA) is 59.3 Å². The molecule has 4 heteroatoms. The number of hydrogen-bond acceptors (Lipinski definition) is 2. The summed E-state index contributed by atoms with van der Waals surface area (Å²) < 4.78 is 1.79. The van der Waals surface area contributed by atoms with Crippen molar-refractivity contribution in [2.75, 3.05) is 0 Å². The zero-order valence-corrected chi connectivity index (χ0v) is 13.3. The summed E-state index contributed by atoms with van der Waals surface area (Å²) in [6.07, 6.45) is 5.49. The SMILES string of the molecule is CCCCCn1c(C(C)(C)C)ccc(/C=C/C(=O)O)c1=O. The molecule has 0 aliphatic heterocycles. The van der Waals surface area contributed by atoms with Crippen molar-refractivity contribution in [2.24, 2.45) is 0 Å². The fourth-order valence-corrected chi connectivity index (χ4v) is 2.28. The molecule has 1 heterocycles. The van der Waals surface area contributed by atoms with Crippen LogP contribution in [0, 0.1) is 0 Å². The molecule has 0 fully saturated rings. The molecule has 1 aromatic rings. The lowest BCUT2D eigenvalue weighted by atomic mass is 9.90. The third kappa shape index (κ3) is 4.88. The van der Waals surface area contributed by atoms with Gasteiger partial charge in [0, 0.05) is 29.3 Å². The number of unbranched alkanes of at least 4 members (excludes halogenated alkanes) is 2. The lowest BCUT2D eigenvalue weighted by Gasteiger charge is -2.24. The van der Waals surface area contributed by atoms with Gasteiger partial charge in [-0.3, -0.25) is 4.79 Å². The maximum absolute atomic E-state index is 12.6. The molecule has 0 atom stereocenters. The van der Waals surface area contributed by atoms with Crippen LogP contribution in [0.1, 0.15) is 58.2 Å². The van der Waals surface area contributed by atoms with Crippen LogP contribution in [0.25, 0.3) is 6.08 Å². The standard InChI is InChI=1S/C17H25NO3/c1-5-6-7-12-18-14(17(2,3)4)10-8-13(16(18)21)9-11-15(19)20/h8-11H,5-7,12H2,1-4H3,(H,19,20)/b11-9+. The number of rotatable bonds is 6. The van der Waals surface area contributed by atoms with Gasteiger partial charge in [-0.2, -0.15) is 0 Å². The fourth-order valence-electron chi connectivity index (χ4n) is 2.28. The summed E-state index contributed by atoms with van der Waals surface area (Å²) in [4.78, 5) is 23.2. The third-order valence-electron chi connectivity index (χ3n) is 3.36. The highest BCUT2D eigenvalue weighted by Gasteiger charge is 2.19. The Kier molecular flexibility index (Phi) is 5.94. The molecular formula is C17H25NO3. The van der Waals surface area contributed by atoms with Gasteiger partial charge in [-0.1, -0.05) is 40.5 Å². The Bertz CT molecular complexity index is 577. The lowest BCUT2D eigenvalue weighted by Crippen LogP contribution is -2.31. The van der Waals surface area contributed by atoms with Crippen molar-refractivity contribution in [3.8, 4) is 0 Å². The summed E-state index contributed by atoms with van der Waals surface area (Å²) >= 11 is 0. The van der Waals surface area contributed by atoms with E-state index < -0.39 is 5.97 Å². The number of aromatic nitrogens is 1. The molecule has 0 amide bonds. The summed E-state index contributed by atoms with van der Waals surface area (Å²) in [5.74, 6) is -1.05. The number of hydrogen-bond donors (Lipinski definition) is 1. The van der Waals surface area contributed by atoms with E-state index in [9.17, 15) is 9.59 Å². The predicted molar refractivity (Wildman–Crippen MR) is 85.6 cm³/mol. The number of carboxylic acid groups (broad SMARTS) is 1. The Morgan fingerprint density at radius 2 is 1.95 bits per heavy atom. The van der Waals surface area contributed by atoms with Crippen LogP contribution in [-0.4, -0.2) is 15.6 Å². The molecule has 0 radical (unpaired) electrons. The minimum atomic E-state index is -1.05. The molecule has 0 saturated carbocycles. The number of carbonyl (C=O) groups is 1. The average Bonchev–Trinajstić information content (AvgIpc) is 2.37. The van der Waals surface area contributed by atoms with Crippen molar-refractivity contribution in [1.82, 2.24) is 4.57 Å². The van der Waals surface area contributed by atoms with E-state index in [1.807, 2.05) is 6.07 Å². The van der Waals surface area contributed by atoms with E-state index >= 15 is 0 Å². The monoisotopic (exact) mass is 291 g/mol. The largest absolute Gasteiger partial charge is 0.478 e. The van der Waals surface area contributed by atoms with Crippen molar-refractivity contribution >= 4 is 12.0 Å². The first-order valence-electron chi connectivity index (χ1n) is 7.42. The Labute approximate surface area is 126 Å². The second kappa shape index (κ2) is 7.25. The molecule has 0 aliphatic rings. The van der Waals surface area contributed by atoms with Crippen LogP contribution in [0.5, 0.6) is 0 Å². The number of pyridine rings is 1. The van der Waals surface area contributed by atoms with Crippen LogP contribution >= 0.6 is 0 Å². The molecule has 0 bridgehead atoms. The molecule has 0 saturated heterocycles. The minimum absolute atomic E-state index is 0.115. The van der Waals surface area contributed by atoms with Crippen LogP contribution in [0.2, 0.25) is 0 Å². The molecule has 4 nitrogen and oxygen atoms in total. The van der Waals surface area contributed by atoms with Crippen LogP contribution in [0.3, 0.4) is 0 Å². The Hall–Kier alpha value is -1.84. The van der Waals surface area contributed by atoms with Gasteiger partial charge < -0.3 is 9.67 Å². The molecule has 1 aromatic heterocycles. The van der Waals surface area contributed by atoms with E-state index in [-0.39, 0.29) is 11.0 Å². The highest BCUT2D eigenvalue weighted by molar-refractivity contribution is 5.85. The van der Waals surface area contributed by atoms with E-state index in [2.05, 4.69) is 27.7 Å². The highest BCUT2D eigenvalue weighted by atomic mass is 16.4. The average molecular weight is 291 g/mol. The van der Waals surface area contributed by atoms with Crippen LogP contribution in [-0.2, 0) is 16.8 Å². The second-order valence-electron chi connectivity index (χ2n) is 6.26. The summed E-state index contributed by atoms with van der Waals surface area (Å²) in [6.45, 7) is 9.02. The van der Waals surface area contributed by atoms with Crippen LogP contribution in [0.4, 0.5) is 0 Å². The molecule has 0 aromatic carbocycles. The van der Waals surface area contributed by atoms with Crippen LogP contribution < -0.4 is 5.56 Å². The van der Waals surface area contributed by atoms with Crippen molar-refractivity contribution in [2.45, 2.75) is 58.9 Å². The molecule has 116 valence electrons. The van der Waals surface area contributed by atoms with E-state index in [0.29, 0.717) is 12.1 Å². The molecule has 1 rings (SSSR count). The molecule has 21 heavy (non-hydrogen) atoms. The Morgan fingerprint density at radius 3 is 2.48 bits per heavy atom. The lowest BCUT2D eigenvalue weighted by molar-refractivity contribution is -0.131. The first-order chi connectivity index (χ1) is 9.77. The zero-order chi connectivity index (χ0) is 16.0. The molecule has 0 spiro atoms. The van der Waals surface area contributed by atoms with Gasteiger partial charge in [0.05, 0.1) is 0 Å². The van der Waals surface area contributed by atoms with Gasteiger partial charge in [0.2, 0.25) is 0 Å². The van der Waals surface area contributed by atoms with Crippen molar-refractivity contribution in [3.05, 3.63) is 39.8 Å². The van der Waals surface area contributed by atoms with Crippen molar-refractivity contribution < 1.29 is 9.90 Å². The fraction of sp³-hybridized carbons (Fsp3) is 0.529. The van der Waals surface area contributed by atoms with Gasteiger partial charge in [-0.15, -0.1) is 0 Å². The Balaban J connectivity index is 3.27. The van der Waals surface area contributed by atoms with E-state index in [0.717, 1.165) is 31.0 Å². The summed E-state index contributed by atoms with van der Waals surface area (Å²) in [7, 11) is 0. The predicted octanol–water partition coefficient (Wildman–Crippen LogP) is 3.43. The van der Waals surface area contributed by atoms with Crippen LogP contribution in [0.15, 0.2) is 23.0 Å². The highest BCUT2D eigenvalue weighted by Crippen LogP contribution is 2.22. The first-order valence-corrected chi connectivity index (χ1v) is 7.42. The van der Waals surface area contributed by atoms with E-state index in [1.54, 1.807) is 10.6 Å². The number of nitrogens with zero attached hydrogens (tertiary/aromatic N) is 1. The van der Waals surface area contributed by atoms with Gasteiger partial charge in [-0.05, 0) is 24.6 Å². The zero-order valence-electron chi connectivity index (χ0n) is 13.3. The maximum Gasteiger partial charge on any atom is 0.328 e. The number of aliphatic carboxylic acids is 1. The molecule has 1 N–H and O–H groups in total. The summed E-state index contributed by atoms with van der Waals surface area (Å²) in [6, 6.07) is 3.63. The minimum Gasteiger partial charge on any atom is -0.478 e. The summed E-state index contributed by atoms with van der Waals surface area (Å²) in [5.41, 5.74) is 1.16.